The highest BCUT2D eigenvalue weighted by Crippen LogP contribution is 2.33. The van der Waals surface area contributed by atoms with Crippen molar-refractivity contribution < 1.29 is 9.90 Å². The van der Waals surface area contributed by atoms with Gasteiger partial charge in [-0.3, -0.25) is 15.2 Å². The topological polar surface area (TPSA) is 87.7 Å². The molecule has 4 N–H and O–H groups in total. The Labute approximate surface area is 154 Å². The molecule has 2 aromatic rings. The van der Waals surface area contributed by atoms with Crippen LogP contribution in [-0.4, -0.2) is 17.2 Å². The zero-order valence-corrected chi connectivity index (χ0v) is 15.6. The van der Waals surface area contributed by atoms with E-state index < -0.39 is 11.9 Å². The minimum atomic E-state index is -0.802. The molecule has 2 rings (SSSR count). The van der Waals surface area contributed by atoms with Crippen molar-refractivity contribution in [1.82, 2.24) is 5.43 Å². The van der Waals surface area contributed by atoms with Gasteiger partial charge in [-0.05, 0) is 67.3 Å². The van der Waals surface area contributed by atoms with Gasteiger partial charge in [0.25, 0.3) is 5.91 Å². The number of aromatic hydroxyl groups is 1. The number of halogens is 3. The minimum absolute atomic E-state index is 0.0936. The minimum Gasteiger partial charge on any atom is -0.506 e. The molecule has 1 unspecified atom stereocenters. The zero-order valence-electron chi connectivity index (χ0n) is 11.6. The van der Waals surface area contributed by atoms with Gasteiger partial charge in [0.05, 0.1) is 8.95 Å². The molecule has 0 fully saturated rings. The Morgan fingerprint density at radius 2 is 1.83 bits per heavy atom. The van der Waals surface area contributed by atoms with Gasteiger partial charge in [0.15, 0.2) is 6.04 Å². The van der Waals surface area contributed by atoms with Gasteiger partial charge in [0.2, 0.25) is 0 Å². The first-order chi connectivity index (χ1) is 10.9. The van der Waals surface area contributed by atoms with E-state index in [1.807, 2.05) is 0 Å². The van der Waals surface area contributed by atoms with Gasteiger partial charge in [-0.25, -0.2) is 5.84 Å². The number of carbonyl (C=O) groups is 1. The predicted molar refractivity (Wildman–Crippen MR) is 97.6 cm³/mol. The van der Waals surface area contributed by atoms with Crippen LogP contribution in [0.2, 0.25) is 5.02 Å². The number of hydrazine groups is 1. The van der Waals surface area contributed by atoms with Crippen LogP contribution in [0, 0.1) is 0 Å². The number of rotatable bonds is 4. The number of phenolic OH excluding ortho intramolecular Hbond substituents is 1. The molecule has 0 heterocycles. The second kappa shape index (κ2) is 7.92. The highest BCUT2D eigenvalue weighted by molar-refractivity contribution is 9.11. The van der Waals surface area contributed by atoms with Gasteiger partial charge in [-0.2, -0.15) is 0 Å². The summed E-state index contributed by atoms with van der Waals surface area (Å²) in [6.45, 7) is 0. The SMILES string of the molecule is NNC(=O)C(N=Cc1cc(Br)c(O)c(Br)c1)c1ccc(Cl)cc1. The van der Waals surface area contributed by atoms with Crippen LogP contribution in [0.15, 0.2) is 50.3 Å². The molecule has 0 bridgehead atoms. The van der Waals surface area contributed by atoms with Gasteiger partial charge < -0.3 is 5.11 Å². The molecule has 2 aromatic carbocycles. The molecule has 8 heteroatoms. The van der Waals surface area contributed by atoms with Crippen molar-refractivity contribution in [3.8, 4) is 5.75 Å². The summed E-state index contributed by atoms with van der Waals surface area (Å²) in [4.78, 5) is 16.3. The van der Waals surface area contributed by atoms with E-state index in [4.69, 9.17) is 17.4 Å². The Balaban J connectivity index is 2.34. The maximum atomic E-state index is 12.0. The molecule has 0 aliphatic heterocycles. The number of benzene rings is 2. The van der Waals surface area contributed by atoms with E-state index in [1.165, 1.54) is 6.21 Å². The largest absolute Gasteiger partial charge is 0.506 e. The molecule has 0 radical (unpaired) electrons. The van der Waals surface area contributed by atoms with Crippen molar-refractivity contribution in [1.29, 1.82) is 0 Å². The van der Waals surface area contributed by atoms with E-state index in [2.05, 4.69) is 42.3 Å². The van der Waals surface area contributed by atoms with E-state index in [0.717, 1.165) is 0 Å². The molecule has 1 atom stereocenters. The molecule has 0 spiro atoms. The smallest absolute Gasteiger partial charge is 0.263 e. The lowest BCUT2D eigenvalue weighted by Gasteiger charge is -2.11. The average Bonchev–Trinajstić information content (AvgIpc) is 2.53. The molecular weight excluding hydrogens is 449 g/mol. The molecule has 0 saturated carbocycles. The number of carbonyl (C=O) groups excluding carboxylic acids is 1. The van der Waals surface area contributed by atoms with Crippen LogP contribution < -0.4 is 11.3 Å². The molecule has 5 nitrogen and oxygen atoms in total. The van der Waals surface area contributed by atoms with Gasteiger partial charge in [0.1, 0.15) is 5.75 Å². The molecule has 0 aromatic heterocycles. The van der Waals surface area contributed by atoms with Crippen LogP contribution in [0.4, 0.5) is 0 Å². The van der Waals surface area contributed by atoms with Gasteiger partial charge >= 0.3 is 0 Å². The maximum absolute atomic E-state index is 12.0. The van der Waals surface area contributed by atoms with E-state index in [0.29, 0.717) is 25.1 Å². The molecule has 0 saturated heterocycles. The first-order valence-electron chi connectivity index (χ1n) is 6.39. The molecular formula is C15H12Br2ClN3O2. The number of nitrogens with zero attached hydrogens (tertiary/aromatic N) is 1. The van der Waals surface area contributed by atoms with Crippen molar-refractivity contribution >= 4 is 55.6 Å². The van der Waals surface area contributed by atoms with Crippen LogP contribution in [0.5, 0.6) is 5.75 Å². The maximum Gasteiger partial charge on any atom is 0.263 e. The summed E-state index contributed by atoms with van der Waals surface area (Å²) < 4.78 is 1.03. The fourth-order valence-electron chi connectivity index (χ4n) is 1.85. The summed E-state index contributed by atoms with van der Waals surface area (Å²) in [5.41, 5.74) is 3.46. The summed E-state index contributed by atoms with van der Waals surface area (Å²) in [7, 11) is 0. The average molecular weight is 462 g/mol. The van der Waals surface area contributed by atoms with Gasteiger partial charge in [-0.1, -0.05) is 23.7 Å². The Kier molecular flexibility index (Phi) is 6.17. The summed E-state index contributed by atoms with van der Waals surface area (Å²) in [6.07, 6.45) is 1.53. The Morgan fingerprint density at radius 3 is 2.35 bits per heavy atom. The lowest BCUT2D eigenvalue weighted by Crippen LogP contribution is -2.34. The second-order valence-corrected chi connectivity index (χ2v) is 6.72. The lowest BCUT2D eigenvalue weighted by atomic mass is 10.1. The molecule has 0 aliphatic carbocycles. The van der Waals surface area contributed by atoms with Gasteiger partial charge in [-0.15, -0.1) is 0 Å². The Morgan fingerprint density at radius 1 is 1.26 bits per heavy atom. The Hall–Kier alpha value is -1.41. The quantitative estimate of drug-likeness (QED) is 0.281. The number of aliphatic imine (C=N–C) groups is 1. The lowest BCUT2D eigenvalue weighted by molar-refractivity contribution is -0.122. The highest BCUT2D eigenvalue weighted by atomic mass is 79.9. The fraction of sp³-hybridized carbons (Fsp3) is 0.0667. The third-order valence-corrected chi connectivity index (χ3v) is 4.45. The van der Waals surface area contributed by atoms with Crippen molar-refractivity contribution in [2.75, 3.05) is 0 Å². The van der Waals surface area contributed by atoms with Crippen molar-refractivity contribution in [2.45, 2.75) is 6.04 Å². The van der Waals surface area contributed by atoms with Crippen LogP contribution in [-0.2, 0) is 4.79 Å². The van der Waals surface area contributed by atoms with Gasteiger partial charge in [0, 0.05) is 11.2 Å². The summed E-state index contributed by atoms with van der Waals surface area (Å²) in [6, 6.07) is 9.34. The second-order valence-electron chi connectivity index (χ2n) is 4.57. The monoisotopic (exact) mass is 459 g/mol. The van der Waals surface area contributed by atoms with E-state index >= 15 is 0 Å². The first-order valence-corrected chi connectivity index (χ1v) is 8.36. The standard InChI is InChI=1S/C15H12Br2ClN3O2/c16-11-5-8(6-12(17)14(11)22)7-20-13(15(23)21-19)9-1-3-10(18)4-2-9/h1-7,13,22H,19H2,(H,21,23). The van der Waals surface area contributed by atoms with E-state index in [1.54, 1.807) is 36.4 Å². The van der Waals surface area contributed by atoms with Crippen LogP contribution in [0.3, 0.4) is 0 Å². The van der Waals surface area contributed by atoms with Crippen LogP contribution >= 0.6 is 43.5 Å². The number of amides is 1. The zero-order chi connectivity index (χ0) is 17.0. The number of phenols is 1. The highest BCUT2D eigenvalue weighted by Gasteiger charge is 2.18. The summed E-state index contributed by atoms with van der Waals surface area (Å²) in [5, 5.41) is 10.3. The van der Waals surface area contributed by atoms with E-state index in [-0.39, 0.29) is 5.75 Å². The number of nitrogens with two attached hydrogens (primary N) is 1. The number of hydrogen-bond donors (Lipinski definition) is 3. The van der Waals surface area contributed by atoms with Crippen LogP contribution in [0.1, 0.15) is 17.2 Å². The fourth-order valence-corrected chi connectivity index (χ4v) is 3.20. The first kappa shape index (κ1) is 17.9. The Bertz CT molecular complexity index is 728. The van der Waals surface area contributed by atoms with Crippen molar-refractivity contribution in [2.24, 2.45) is 10.8 Å². The number of nitrogens with one attached hydrogen (secondary N) is 1. The summed E-state index contributed by atoms with van der Waals surface area (Å²) in [5.74, 6) is 4.88. The third kappa shape index (κ3) is 4.54. The summed E-state index contributed by atoms with van der Waals surface area (Å²) >= 11 is 12.3. The van der Waals surface area contributed by atoms with Crippen LogP contribution in [0.25, 0.3) is 0 Å². The molecule has 23 heavy (non-hydrogen) atoms. The number of hydrogen-bond acceptors (Lipinski definition) is 4. The van der Waals surface area contributed by atoms with Crippen molar-refractivity contribution in [3.63, 3.8) is 0 Å². The molecule has 0 aliphatic rings. The molecule has 120 valence electrons. The predicted octanol–water partition coefficient (Wildman–Crippen LogP) is 3.72. The third-order valence-electron chi connectivity index (χ3n) is 2.99. The van der Waals surface area contributed by atoms with Crippen molar-refractivity contribution in [3.05, 3.63) is 61.5 Å². The van der Waals surface area contributed by atoms with E-state index in [9.17, 15) is 9.90 Å². The molecule has 1 amide bonds. The normalized spacial score (nSPS) is 12.3.